The van der Waals surface area contributed by atoms with Crippen molar-refractivity contribution in [2.24, 2.45) is 0 Å². The Balaban J connectivity index is 1.80. The maximum absolute atomic E-state index is 14.1. The number of halogens is 1. The molecule has 0 bridgehead atoms. The molecule has 1 heterocycles. The standard InChI is InChI=1S/C20H22FNO3/c1-24-19-10-14-5-3-4-13(17(14)11-18(19)21)6-7-15-12-22-9-8-16(15)20(23)25-2/h8-13H,3-7H2,1-2H3/t13-/m1/s1. The molecule has 1 aromatic heterocycles. The first-order chi connectivity index (χ1) is 12.1. The average Bonchev–Trinajstić information content (AvgIpc) is 2.65. The van der Waals surface area contributed by atoms with E-state index in [-0.39, 0.29) is 17.7 Å². The third kappa shape index (κ3) is 3.65. The SMILES string of the molecule is COC(=O)c1ccncc1CC[C@H]1CCCc2cc(OC)c(F)cc21. The van der Waals surface area contributed by atoms with Crippen molar-refractivity contribution in [1.82, 2.24) is 4.98 Å². The molecule has 0 fully saturated rings. The van der Waals surface area contributed by atoms with E-state index in [0.717, 1.165) is 42.4 Å². The van der Waals surface area contributed by atoms with Crippen molar-refractivity contribution < 1.29 is 18.7 Å². The number of hydrogen-bond donors (Lipinski definition) is 0. The molecule has 3 rings (SSSR count). The molecule has 0 aliphatic heterocycles. The molecule has 1 aliphatic rings. The molecule has 0 radical (unpaired) electrons. The molecule has 0 N–H and O–H groups in total. The summed E-state index contributed by atoms with van der Waals surface area (Å²) in [6.45, 7) is 0. The smallest absolute Gasteiger partial charge is 0.338 e. The van der Waals surface area contributed by atoms with Gasteiger partial charge in [-0.25, -0.2) is 9.18 Å². The van der Waals surface area contributed by atoms with Crippen LogP contribution in [0, 0.1) is 5.82 Å². The first-order valence-corrected chi connectivity index (χ1v) is 8.51. The molecular weight excluding hydrogens is 321 g/mol. The van der Waals surface area contributed by atoms with Crippen molar-refractivity contribution >= 4 is 5.97 Å². The van der Waals surface area contributed by atoms with Crippen LogP contribution in [0.1, 0.15) is 52.2 Å². The molecule has 4 nitrogen and oxygen atoms in total. The molecule has 0 saturated carbocycles. The van der Waals surface area contributed by atoms with Gasteiger partial charge in [-0.15, -0.1) is 0 Å². The van der Waals surface area contributed by atoms with Crippen LogP contribution in [0.3, 0.4) is 0 Å². The van der Waals surface area contributed by atoms with Crippen molar-refractivity contribution in [2.75, 3.05) is 14.2 Å². The van der Waals surface area contributed by atoms with Crippen LogP contribution in [-0.2, 0) is 17.6 Å². The second kappa shape index (κ2) is 7.64. The minimum Gasteiger partial charge on any atom is -0.494 e. The van der Waals surface area contributed by atoms with E-state index >= 15 is 0 Å². The van der Waals surface area contributed by atoms with E-state index < -0.39 is 0 Å². The Kier molecular flexibility index (Phi) is 5.31. The summed E-state index contributed by atoms with van der Waals surface area (Å²) in [5, 5.41) is 0. The number of rotatable bonds is 5. The Morgan fingerprint density at radius 3 is 2.96 bits per heavy atom. The zero-order chi connectivity index (χ0) is 17.8. The van der Waals surface area contributed by atoms with Gasteiger partial charge < -0.3 is 9.47 Å². The molecule has 132 valence electrons. The van der Waals surface area contributed by atoms with Crippen molar-refractivity contribution in [2.45, 2.75) is 38.0 Å². The van der Waals surface area contributed by atoms with Crippen LogP contribution >= 0.6 is 0 Å². The summed E-state index contributed by atoms with van der Waals surface area (Å²) in [7, 11) is 2.86. The van der Waals surface area contributed by atoms with Gasteiger partial charge in [0.15, 0.2) is 11.6 Å². The number of nitrogens with zero attached hydrogens (tertiary/aromatic N) is 1. The molecule has 0 spiro atoms. The van der Waals surface area contributed by atoms with E-state index in [1.165, 1.54) is 14.2 Å². The quantitative estimate of drug-likeness (QED) is 0.768. The Hall–Kier alpha value is -2.43. The number of esters is 1. The van der Waals surface area contributed by atoms with E-state index in [4.69, 9.17) is 9.47 Å². The lowest BCUT2D eigenvalue weighted by Crippen LogP contribution is -2.13. The first-order valence-electron chi connectivity index (χ1n) is 8.51. The number of ether oxygens (including phenoxy) is 2. The highest BCUT2D eigenvalue weighted by Crippen LogP contribution is 2.37. The van der Waals surface area contributed by atoms with Crippen LogP contribution in [0.25, 0.3) is 0 Å². The van der Waals surface area contributed by atoms with Gasteiger partial charge in [-0.3, -0.25) is 4.98 Å². The zero-order valence-corrected chi connectivity index (χ0v) is 14.5. The van der Waals surface area contributed by atoms with Gasteiger partial charge in [-0.05, 0) is 72.9 Å². The Morgan fingerprint density at radius 1 is 1.36 bits per heavy atom. The Morgan fingerprint density at radius 2 is 2.20 bits per heavy atom. The summed E-state index contributed by atoms with van der Waals surface area (Å²) >= 11 is 0. The number of benzene rings is 1. The van der Waals surface area contributed by atoms with Crippen molar-refractivity contribution in [1.29, 1.82) is 0 Å². The minimum absolute atomic E-state index is 0.273. The van der Waals surface area contributed by atoms with Gasteiger partial charge in [-0.2, -0.15) is 0 Å². The lowest BCUT2D eigenvalue weighted by atomic mass is 9.79. The topological polar surface area (TPSA) is 48.4 Å². The van der Waals surface area contributed by atoms with E-state index in [1.54, 1.807) is 24.5 Å². The molecule has 2 aromatic rings. The van der Waals surface area contributed by atoms with Crippen molar-refractivity contribution in [3.63, 3.8) is 0 Å². The summed E-state index contributed by atoms with van der Waals surface area (Å²) in [5.41, 5.74) is 3.65. The van der Waals surface area contributed by atoms with Gasteiger partial charge in [0, 0.05) is 12.4 Å². The van der Waals surface area contributed by atoms with Crippen molar-refractivity contribution in [3.8, 4) is 5.75 Å². The fourth-order valence-corrected chi connectivity index (χ4v) is 3.62. The third-order valence-electron chi connectivity index (χ3n) is 4.92. The first kappa shape index (κ1) is 17.4. The monoisotopic (exact) mass is 343 g/mol. The number of fused-ring (bicyclic) bond motifs is 1. The maximum atomic E-state index is 14.1. The molecule has 1 aliphatic carbocycles. The lowest BCUT2D eigenvalue weighted by molar-refractivity contribution is 0.0599. The average molecular weight is 343 g/mol. The fraction of sp³-hybridized carbons (Fsp3) is 0.400. The summed E-state index contributed by atoms with van der Waals surface area (Å²) in [6.07, 6.45) is 7.89. The lowest BCUT2D eigenvalue weighted by Gasteiger charge is -2.26. The molecule has 0 saturated heterocycles. The fourth-order valence-electron chi connectivity index (χ4n) is 3.62. The highest BCUT2D eigenvalue weighted by atomic mass is 19.1. The number of methoxy groups -OCH3 is 2. The second-order valence-corrected chi connectivity index (χ2v) is 6.34. The van der Waals surface area contributed by atoms with Crippen LogP contribution in [0.15, 0.2) is 30.6 Å². The highest BCUT2D eigenvalue weighted by molar-refractivity contribution is 5.90. The van der Waals surface area contributed by atoms with Gasteiger partial charge in [0.05, 0.1) is 19.8 Å². The van der Waals surface area contributed by atoms with E-state index in [9.17, 15) is 9.18 Å². The van der Waals surface area contributed by atoms with Crippen LogP contribution in [0.4, 0.5) is 4.39 Å². The number of hydrogen-bond acceptors (Lipinski definition) is 4. The second-order valence-electron chi connectivity index (χ2n) is 6.34. The number of aryl methyl sites for hydroxylation is 2. The van der Waals surface area contributed by atoms with Gasteiger partial charge >= 0.3 is 5.97 Å². The van der Waals surface area contributed by atoms with Gasteiger partial charge in [0.1, 0.15) is 0 Å². The summed E-state index contributed by atoms with van der Waals surface area (Å²) in [5.74, 6) is -0.0866. The number of carbonyl (C=O) groups is 1. The van der Waals surface area contributed by atoms with Crippen LogP contribution in [-0.4, -0.2) is 25.2 Å². The highest BCUT2D eigenvalue weighted by Gasteiger charge is 2.23. The van der Waals surface area contributed by atoms with Crippen LogP contribution < -0.4 is 4.74 Å². The Labute approximate surface area is 147 Å². The van der Waals surface area contributed by atoms with E-state index in [2.05, 4.69) is 4.98 Å². The number of carbonyl (C=O) groups excluding carboxylic acids is 1. The number of aromatic nitrogens is 1. The predicted octanol–water partition coefficient (Wildman–Crippen LogP) is 4.07. The largest absolute Gasteiger partial charge is 0.494 e. The van der Waals surface area contributed by atoms with Crippen molar-refractivity contribution in [3.05, 3.63) is 58.7 Å². The van der Waals surface area contributed by atoms with Crippen LogP contribution in [0.2, 0.25) is 0 Å². The molecule has 5 heteroatoms. The van der Waals surface area contributed by atoms with Gasteiger partial charge in [0.2, 0.25) is 0 Å². The van der Waals surface area contributed by atoms with Gasteiger partial charge in [0.25, 0.3) is 0 Å². The molecule has 25 heavy (non-hydrogen) atoms. The van der Waals surface area contributed by atoms with E-state index in [1.807, 2.05) is 6.07 Å². The van der Waals surface area contributed by atoms with Crippen LogP contribution in [0.5, 0.6) is 5.75 Å². The number of pyridine rings is 1. The molecular formula is C20H22FNO3. The maximum Gasteiger partial charge on any atom is 0.338 e. The Bertz CT molecular complexity index is 776. The third-order valence-corrected chi connectivity index (χ3v) is 4.92. The predicted molar refractivity (Wildman–Crippen MR) is 92.5 cm³/mol. The molecule has 1 aromatic carbocycles. The van der Waals surface area contributed by atoms with Gasteiger partial charge in [-0.1, -0.05) is 0 Å². The summed E-state index contributed by atoms with van der Waals surface area (Å²) in [4.78, 5) is 16.0. The molecule has 0 unspecified atom stereocenters. The summed E-state index contributed by atoms with van der Waals surface area (Å²) < 4.78 is 24.1. The normalized spacial score (nSPS) is 16.2. The molecule has 0 amide bonds. The zero-order valence-electron chi connectivity index (χ0n) is 14.5. The molecule has 1 atom stereocenters. The minimum atomic E-state index is -0.350. The summed E-state index contributed by atoms with van der Waals surface area (Å²) in [6, 6.07) is 5.11. The van der Waals surface area contributed by atoms with E-state index in [0.29, 0.717) is 17.7 Å².